The SMILES string of the molecule is COc1ccccc1Oc1ncnc(NCCCN2CCOCC2)c1[N+](=O)[O-]. The van der Waals surface area contributed by atoms with E-state index < -0.39 is 4.92 Å². The number of nitro groups is 1. The van der Waals surface area contributed by atoms with E-state index in [1.54, 1.807) is 24.3 Å². The second-order valence-electron chi connectivity index (χ2n) is 6.12. The first-order valence-electron chi connectivity index (χ1n) is 9.03. The monoisotopic (exact) mass is 389 g/mol. The van der Waals surface area contributed by atoms with Crippen LogP contribution in [0.15, 0.2) is 30.6 Å². The lowest BCUT2D eigenvalue weighted by Crippen LogP contribution is -2.37. The van der Waals surface area contributed by atoms with E-state index in [0.29, 0.717) is 18.0 Å². The number of para-hydroxylation sites is 2. The van der Waals surface area contributed by atoms with Crippen LogP contribution in [0.4, 0.5) is 11.5 Å². The summed E-state index contributed by atoms with van der Waals surface area (Å²) < 4.78 is 16.2. The molecule has 3 rings (SSSR count). The third-order valence-electron chi connectivity index (χ3n) is 4.29. The van der Waals surface area contributed by atoms with Crippen LogP contribution in [0, 0.1) is 10.1 Å². The van der Waals surface area contributed by atoms with Gasteiger partial charge in [-0.3, -0.25) is 15.0 Å². The molecule has 0 atom stereocenters. The van der Waals surface area contributed by atoms with Gasteiger partial charge in [0.05, 0.1) is 25.2 Å². The average Bonchev–Trinajstić information content (AvgIpc) is 2.72. The van der Waals surface area contributed by atoms with E-state index in [0.717, 1.165) is 39.3 Å². The standard InChI is InChI=1S/C18H23N5O5/c1-26-14-5-2-3-6-15(14)28-18-16(23(24)25)17(20-13-21-18)19-7-4-8-22-9-11-27-12-10-22/h2-3,5-6,13H,4,7-12H2,1H3,(H,19,20,21). The maximum atomic E-state index is 11.6. The molecule has 1 N–H and O–H groups in total. The smallest absolute Gasteiger partial charge is 0.373 e. The number of hydrogen-bond acceptors (Lipinski definition) is 9. The molecule has 10 heteroatoms. The second kappa shape index (κ2) is 9.81. The van der Waals surface area contributed by atoms with Crippen molar-refractivity contribution in [2.24, 2.45) is 0 Å². The first-order valence-corrected chi connectivity index (χ1v) is 9.03. The lowest BCUT2D eigenvalue weighted by molar-refractivity contribution is -0.385. The van der Waals surface area contributed by atoms with E-state index in [2.05, 4.69) is 20.2 Å². The molecular weight excluding hydrogens is 366 g/mol. The summed E-state index contributed by atoms with van der Waals surface area (Å²) in [4.78, 5) is 21.3. The summed E-state index contributed by atoms with van der Waals surface area (Å²) in [6, 6.07) is 6.88. The van der Waals surface area contributed by atoms with E-state index in [9.17, 15) is 10.1 Å². The van der Waals surface area contributed by atoms with Gasteiger partial charge in [0.2, 0.25) is 5.82 Å². The third kappa shape index (κ3) is 5.05. The minimum Gasteiger partial charge on any atom is -0.493 e. The van der Waals surface area contributed by atoms with Gasteiger partial charge in [0.25, 0.3) is 0 Å². The lowest BCUT2D eigenvalue weighted by Gasteiger charge is -2.26. The molecule has 150 valence electrons. The van der Waals surface area contributed by atoms with Crippen molar-refractivity contribution in [1.29, 1.82) is 0 Å². The van der Waals surface area contributed by atoms with Crippen molar-refractivity contribution in [3.8, 4) is 17.4 Å². The Kier molecular flexibility index (Phi) is 6.93. The number of aromatic nitrogens is 2. The zero-order valence-electron chi connectivity index (χ0n) is 15.7. The molecule has 0 amide bonds. The molecule has 2 heterocycles. The zero-order chi connectivity index (χ0) is 19.8. The number of anilines is 1. The maximum Gasteiger partial charge on any atom is 0.373 e. The van der Waals surface area contributed by atoms with E-state index >= 15 is 0 Å². The van der Waals surface area contributed by atoms with Crippen LogP contribution in [-0.4, -0.2) is 66.3 Å². The Bertz CT molecular complexity index is 798. The van der Waals surface area contributed by atoms with Crippen LogP contribution in [0.1, 0.15) is 6.42 Å². The summed E-state index contributed by atoms with van der Waals surface area (Å²) in [6.07, 6.45) is 2.06. The Labute approximate surface area is 162 Å². The summed E-state index contributed by atoms with van der Waals surface area (Å²) in [5, 5.41) is 14.6. The van der Waals surface area contributed by atoms with E-state index in [-0.39, 0.29) is 17.4 Å². The van der Waals surface area contributed by atoms with Gasteiger partial charge < -0.3 is 19.5 Å². The van der Waals surface area contributed by atoms with Crippen molar-refractivity contribution < 1.29 is 19.1 Å². The summed E-state index contributed by atoms with van der Waals surface area (Å²) in [7, 11) is 1.50. The molecule has 28 heavy (non-hydrogen) atoms. The third-order valence-corrected chi connectivity index (χ3v) is 4.29. The molecule has 0 unspecified atom stereocenters. The van der Waals surface area contributed by atoms with Crippen LogP contribution in [-0.2, 0) is 4.74 Å². The molecule has 10 nitrogen and oxygen atoms in total. The van der Waals surface area contributed by atoms with Gasteiger partial charge in [-0.15, -0.1) is 0 Å². The molecule has 1 aromatic carbocycles. The molecule has 0 spiro atoms. The van der Waals surface area contributed by atoms with Crippen LogP contribution in [0.3, 0.4) is 0 Å². The summed E-state index contributed by atoms with van der Waals surface area (Å²) >= 11 is 0. The van der Waals surface area contributed by atoms with Gasteiger partial charge in [-0.1, -0.05) is 12.1 Å². The number of methoxy groups -OCH3 is 1. The highest BCUT2D eigenvalue weighted by Gasteiger charge is 2.25. The van der Waals surface area contributed by atoms with Gasteiger partial charge in [-0.05, 0) is 25.1 Å². The van der Waals surface area contributed by atoms with Crippen molar-refractivity contribution in [1.82, 2.24) is 14.9 Å². The zero-order valence-corrected chi connectivity index (χ0v) is 15.7. The highest BCUT2D eigenvalue weighted by molar-refractivity contribution is 5.62. The summed E-state index contributed by atoms with van der Waals surface area (Å²) in [6.45, 7) is 4.74. The van der Waals surface area contributed by atoms with E-state index in [1.807, 2.05) is 0 Å². The largest absolute Gasteiger partial charge is 0.493 e. The Hall–Kier alpha value is -2.98. The number of morpholine rings is 1. The molecule has 1 aliphatic rings. The van der Waals surface area contributed by atoms with Gasteiger partial charge in [-0.2, -0.15) is 4.98 Å². The molecule has 0 saturated carbocycles. The van der Waals surface area contributed by atoms with Gasteiger partial charge in [-0.25, -0.2) is 4.98 Å². The fourth-order valence-electron chi connectivity index (χ4n) is 2.87. The summed E-state index contributed by atoms with van der Waals surface area (Å²) in [5.41, 5.74) is -0.306. The highest BCUT2D eigenvalue weighted by Crippen LogP contribution is 2.37. The molecular formula is C18H23N5O5. The second-order valence-corrected chi connectivity index (χ2v) is 6.12. The number of nitrogens with one attached hydrogen (secondary N) is 1. The van der Waals surface area contributed by atoms with Gasteiger partial charge >= 0.3 is 11.6 Å². The molecule has 2 aromatic rings. The highest BCUT2D eigenvalue weighted by atomic mass is 16.6. The van der Waals surface area contributed by atoms with Gasteiger partial charge in [0.1, 0.15) is 6.33 Å². The quantitative estimate of drug-likeness (QED) is 0.392. The maximum absolute atomic E-state index is 11.6. The normalized spacial score (nSPS) is 14.5. The van der Waals surface area contributed by atoms with Gasteiger partial charge in [0.15, 0.2) is 11.5 Å². The topological polar surface area (TPSA) is 112 Å². The Morgan fingerprint density at radius 2 is 2.00 bits per heavy atom. The molecule has 0 aliphatic carbocycles. The Balaban J connectivity index is 1.68. The van der Waals surface area contributed by atoms with Crippen molar-refractivity contribution in [2.75, 3.05) is 51.8 Å². The summed E-state index contributed by atoms with van der Waals surface area (Å²) in [5.74, 6) is 0.785. The predicted molar refractivity (Wildman–Crippen MR) is 102 cm³/mol. The molecule has 1 fully saturated rings. The van der Waals surface area contributed by atoms with Crippen molar-refractivity contribution in [3.63, 3.8) is 0 Å². The average molecular weight is 389 g/mol. The Morgan fingerprint density at radius 3 is 2.71 bits per heavy atom. The van der Waals surface area contributed by atoms with Gasteiger partial charge in [0, 0.05) is 19.6 Å². The molecule has 0 radical (unpaired) electrons. The number of hydrogen-bond donors (Lipinski definition) is 1. The number of benzene rings is 1. The molecule has 0 bridgehead atoms. The van der Waals surface area contributed by atoms with Crippen molar-refractivity contribution in [2.45, 2.75) is 6.42 Å². The molecule has 1 aromatic heterocycles. The number of nitrogens with zero attached hydrogens (tertiary/aromatic N) is 4. The lowest BCUT2D eigenvalue weighted by atomic mass is 10.3. The first kappa shape index (κ1) is 19.8. The van der Waals surface area contributed by atoms with Crippen LogP contribution in [0.2, 0.25) is 0 Å². The molecule has 1 saturated heterocycles. The fraction of sp³-hybridized carbons (Fsp3) is 0.444. The minimum atomic E-state index is -0.547. The molecule has 1 aliphatic heterocycles. The van der Waals surface area contributed by atoms with E-state index in [4.69, 9.17) is 14.2 Å². The van der Waals surface area contributed by atoms with E-state index in [1.165, 1.54) is 13.4 Å². The Morgan fingerprint density at radius 1 is 1.25 bits per heavy atom. The number of ether oxygens (including phenoxy) is 3. The van der Waals surface area contributed by atoms with Crippen LogP contribution in [0.25, 0.3) is 0 Å². The first-order chi connectivity index (χ1) is 13.7. The van der Waals surface area contributed by atoms with Crippen molar-refractivity contribution >= 4 is 11.5 Å². The number of rotatable bonds is 9. The van der Waals surface area contributed by atoms with Crippen LogP contribution >= 0.6 is 0 Å². The predicted octanol–water partition coefficient (Wildman–Crippen LogP) is 2.32. The minimum absolute atomic E-state index is 0.131. The fourth-order valence-corrected chi connectivity index (χ4v) is 2.87. The van der Waals surface area contributed by atoms with Crippen molar-refractivity contribution in [3.05, 3.63) is 40.7 Å². The van der Waals surface area contributed by atoms with Crippen LogP contribution in [0.5, 0.6) is 17.4 Å². The van der Waals surface area contributed by atoms with Crippen LogP contribution < -0.4 is 14.8 Å².